The molecule has 1 fully saturated rings. The third-order valence-electron chi connectivity index (χ3n) is 3.55. The molecule has 0 bridgehead atoms. The van der Waals surface area contributed by atoms with Crippen molar-refractivity contribution < 1.29 is 18.0 Å². The van der Waals surface area contributed by atoms with Gasteiger partial charge in [-0.3, -0.25) is 10.1 Å². The van der Waals surface area contributed by atoms with Crippen molar-refractivity contribution in [1.82, 2.24) is 20.3 Å². The number of rotatable bonds is 6. The molecular formula is C14H16N4O4S. The van der Waals surface area contributed by atoms with Crippen LogP contribution in [0.25, 0.3) is 10.9 Å². The standard InChI is InChI=1S/C14H16N4O4S/c19-13-12(17-14(20)18-13)8-23(21,22)15-6-5-10-7-9-3-1-2-4-11(9)16-10/h1-4,7,12,15-16H,5-6,8H2,(H2,17,18,19,20)/t12-/m0/s1. The van der Waals surface area contributed by atoms with Crippen molar-refractivity contribution in [3.63, 3.8) is 0 Å². The summed E-state index contributed by atoms with van der Waals surface area (Å²) < 4.78 is 26.3. The normalized spacial score (nSPS) is 18.2. The number of fused-ring (bicyclic) bond motifs is 1. The predicted molar refractivity (Wildman–Crippen MR) is 84.3 cm³/mol. The van der Waals surface area contributed by atoms with Gasteiger partial charge in [-0.05, 0) is 17.5 Å². The molecule has 3 amide bonds. The van der Waals surface area contributed by atoms with Gasteiger partial charge < -0.3 is 10.3 Å². The molecular weight excluding hydrogens is 320 g/mol. The number of benzene rings is 1. The minimum Gasteiger partial charge on any atom is -0.358 e. The van der Waals surface area contributed by atoms with E-state index < -0.39 is 33.8 Å². The molecule has 1 saturated heterocycles. The summed E-state index contributed by atoms with van der Waals surface area (Å²) in [5.74, 6) is -1.10. The Morgan fingerprint density at radius 3 is 2.65 bits per heavy atom. The maximum absolute atomic E-state index is 11.9. The first-order valence-electron chi connectivity index (χ1n) is 7.08. The van der Waals surface area contributed by atoms with Crippen molar-refractivity contribution >= 4 is 32.9 Å². The van der Waals surface area contributed by atoms with Crippen molar-refractivity contribution in [1.29, 1.82) is 0 Å². The lowest BCUT2D eigenvalue weighted by Crippen LogP contribution is -2.41. The largest absolute Gasteiger partial charge is 0.358 e. The Balaban J connectivity index is 1.55. The van der Waals surface area contributed by atoms with E-state index in [2.05, 4.69) is 15.0 Å². The van der Waals surface area contributed by atoms with E-state index in [-0.39, 0.29) is 6.54 Å². The van der Waals surface area contributed by atoms with Gasteiger partial charge in [-0.15, -0.1) is 0 Å². The van der Waals surface area contributed by atoms with E-state index in [1.165, 1.54) is 0 Å². The zero-order valence-corrected chi connectivity index (χ0v) is 12.9. The summed E-state index contributed by atoms with van der Waals surface area (Å²) in [4.78, 5) is 25.5. The van der Waals surface area contributed by atoms with E-state index in [9.17, 15) is 18.0 Å². The number of urea groups is 1. The SMILES string of the molecule is O=C1NC(=O)[C@H](CS(=O)(=O)NCCc2cc3ccccc3[nH]2)N1. The van der Waals surface area contributed by atoms with E-state index in [4.69, 9.17) is 0 Å². The van der Waals surface area contributed by atoms with Gasteiger partial charge in [0.25, 0.3) is 5.91 Å². The van der Waals surface area contributed by atoms with Crippen LogP contribution >= 0.6 is 0 Å². The van der Waals surface area contributed by atoms with Crippen LogP contribution in [-0.2, 0) is 21.2 Å². The molecule has 0 spiro atoms. The molecule has 23 heavy (non-hydrogen) atoms. The molecule has 4 N–H and O–H groups in total. The summed E-state index contributed by atoms with van der Waals surface area (Å²) in [5, 5.41) is 5.33. The number of hydrogen-bond acceptors (Lipinski definition) is 4. The Kier molecular flexibility index (Phi) is 4.05. The summed E-state index contributed by atoms with van der Waals surface area (Å²) in [6.07, 6.45) is 0.497. The average Bonchev–Trinajstić information content (AvgIpc) is 3.01. The molecule has 2 heterocycles. The summed E-state index contributed by atoms with van der Waals surface area (Å²) in [6, 6.07) is 8.02. The van der Waals surface area contributed by atoms with Crippen LogP contribution in [0.3, 0.4) is 0 Å². The number of carbonyl (C=O) groups excluding carboxylic acids is 2. The fourth-order valence-corrected chi connectivity index (χ4v) is 3.67. The van der Waals surface area contributed by atoms with Crippen molar-refractivity contribution in [2.75, 3.05) is 12.3 Å². The molecule has 0 aliphatic carbocycles. The van der Waals surface area contributed by atoms with Crippen LogP contribution in [0.5, 0.6) is 0 Å². The maximum atomic E-state index is 11.9. The molecule has 9 heteroatoms. The number of imide groups is 1. The number of aromatic amines is 1. The molecule has 1 aromatic carbocycles. The van der Waals surface area contributed by atoms with Gasteiger partial charge in [-0.1, -0.05) is 18.2 Å². The average molecular weight is 336 g/mol. The zero-order chi connectivity index (χ0) is 16.4. The third kappa shape index (κ3) is 3.69. The van der Waals surface area contributed by atoms with Crippen LogP contribution in [0.1, 0.15) is 5.69 Å². The van der Waals surface area contributed by atoms with Crippen molar-refractivity contribution in [2.45, 2.75) is 12.5 Å². The zero-order valence-electron chi connectivity index (χ0n) is 12.1. The highest BCUT2D eigenvalue weighted by molar-refractivity contribution is 7.89. The first kappa shape index (κ1) is 15.5. The van der Waals surface area contributed by atoms with Gasteiger partial charge in [0.15, 0.2) is 0 Å². The second-order valence-corrected chi connectivity index (χ2v) is 7.17. The highest BCUT2D eigenvalue weighted by atomic mass is 32.2. The van der Waals surface area contributed by atoms with Crippen LogP contribution < -0.4 is 15.4 Å². The summed E-state index contributed by atoms with van der Waals surface area (Å²) >= 11 is 0. The van der Waals surface area contributed by atoms with Crippen LogP contribution in [0.15, 0.2) is 30.3 Å². The summed E-state index contributed by atoms with van der Waals surface area (Å²) in [7, 11) is -3.66. The molecule has 2 aromatic rings. The number of nitrogens with one attached hydrogen (secondary N) is 4. The Morgan fingerprint density at radius 2 is 1.96 bits per heavy atom. The van der Waals surface area contributed by atoms with Crippen LogP contribution in [0.4, 0.5) is 4.79 Å². The molecule has 0 unspecified atom stereocenters. The van der Waals surface area contributed by atoms with Crippen LogP contribution in [-0.4, -0.2) is 43.7 Å². The monoisotopic (exact) mass is 336 g/mol. The predicted octanol–water partition coefficient (Wildman–Crippen LogP) is -0.162. The molecule has 0 radical (unpaired) electrons. The lowest BCUT2D eigenvalue weighted by atomic mass is 10.2. The second kappa shape index (κ2) is 6.01. The molecule has 0 saturated carbocycles. The number of H-pyrrole nitrogens is 1. The first-order valence-corrected chi connectivity index (χ1v) is 8.73. The number of amides is 3. The molecule has 122 valence electrons. The highest BCUT2D eigenvalue weighted by Gasteiger charge is 2.33. The number of hydrogen-bond donors (Lipinski definition) is 4. The van der Waals surface area contributed by atoms with Gasteiger partial charge in [0.1, 0.15) is 6.04 Å². The maximum Gasteiger partial charge on any atom is 0.322 e. The number of aromatic nitrogens is 1. The Morgan fingerprint density at radius 1 is 1.17 bits per heavy atom. The van der Waals surface area contributed by atoms with Gasteiger partial charge in [0, 0.05) is 24.2 Å². The van der Waals surface area contributed by atoms with Gasteiger partial charge in [-0.25, -0.2) is 17.9 Å². The van der Waals surface area contributed by atoms with Crippen LogP contribution in [0.2, 0.25) is 0 Å². The molecule has 1 aromatic heterocycles. The Labute approximate surface area is 132 Å². The molecule has 8 nitrogen and oxygen atoms in total. The molecule has 1 aliphatic rings. The molecule has 1 aliphatic heterocycles. The van der Waals surface area contributed by atoms with Crippen LogP contribution in [0, 0.1) is 0 Å². The fourth-order valence-electron chi connectivity index (χ4n) is 2.46. The minimum atomic E-state index is -3.66. The van der Waals surface area contributed by atoms with E-state index in [1.54, 1.807) is 0 Å². The van der Waals surface area contributed by atoms with Gasteiger partial charge >= 0.3 is 6.03 Å². The van der Waals surface area contributed by atoms with Gasteiger partial charge in [0.05, 0.1) is 5.75 Å². The van der Waals surface area contributed by atoms with Crippen molar-refractivity contribution in [2.24, 2.45) is 0 Å². The minimum absolute atomic E-state index is 0.206. The fraction of sp³-hybridized carbons (Fsp3) is 0.286. The first-order chi connectivity index (χ1) is 10.9. The number of sulfonamides is 1. The van der Waals surface area contributed by atoms with E-state index in [0.29, 0.717) is 6.42 Å². The Bertz CT molecular complexity index is 826. The third-order valence-corrected chi connectivity index (χ3v) is 4.96. The highest BCUT2D eigenvalue weighted by Crippen LogP contribution is 2.14. The van der Waals surface area contributed by atoms with E-state index in [0.717, 1.165) is 16.6 Å². The smallest absolute Gasteiger partial charge is 0.322 e. The Hall–Kier alpha value is -2.39. The second-order valence-electron chi connectivity index (χ2n) is 5.32. The van der Waals surface area contributed by atoms with Crippen molar-refractivity contribution in [3.8, 4) is 0 Å². The lowest BCUT2D eigenvalue weighted by molar-refractivity contribution is -0.119. The quantitative estimate of drug-likeness (QED) is 0.548. The van der Waals surface area contributed by atoms with E-state index in [1.807, 2.05) is 35.6 Å². The molecule has 3 rings (SSSR count). The molecule has 1 atom stereocenters. The van der Waals surface area contributed by atoms with Gasteiger partial charge in [0.2, 0.25) is 10.0 Å². The summed E-state index contributed by atoms with van der Waals surface area (Å²) in [5.41, 5.74) is 1.91. The van der Waals surface area contributed by atoms with Crippen molar-refractivity contribution in [3.05, 3.63) is 36.0 Å². The topological polar surface area (TPSA) is 120 Å². The summed E-state index contributed by atoms with van der Waals surface area (Å²) in [6.45, 7) is 0.206. The van der Waals surface area contributed by atoms with Gasteiger partial charge in [-0.2, -0.15) is 0 Å². The van der Waals surface area contributed by atoms with E-state index >= 15 is 0 Å². The number of carbonyl (C=O) groups is 2. The lowest BCUT2D eigenvalue weighted by Gasteiger charge is -2.09. The number of para-hydroxylation sites is 1.